The van der Waals surface area contributed by atoms with E-state index in [9.17, 15) is 9.59 Å². The van der Waals surface area contributed by atoms with E-state index in [4.69, 9.17) is 8.83 Å². The Bertz CT molecular complexity index is 746. The van der Waals surface area contributed by atoms with Crippen LogP contribution in [-0.2, 0) is 9.59 Å². The van der Waals surface area contributed by atoms with Crippen molar-refractivity contribution in [2.75, 3.05) is 13.1 Å². The summed E-state index contributed by atoms with van der Waals surface area (Å²) in [5.41, 5.74) is 0. The van der Waals surface area contributed by atoms with Gasteiger partial charge in [-0.3, -0.25) is 9.59 Å². The summed E-state index contributed by atoms with van der Waals surface area (Å²) < 4.78 is 10.7. The normalized spacial score (nSPS) is 11.4. The van der Waals surface area contributed by atoms with E-state index >= 15 is 0 Å². The first-order valence-electron chi connectivity index (χ1n) is 9.57. The maximum atomic E-state index is 11.7. The predicted molar refractivity (Wildman–Crippen MR) is 109 cm³/mol. The molecule has 2 aromatic rings. The van der Waals surface area contributed by atoms with E-state index < -0.39 is 0 Å². The van der Waals surface area contributed by atoms with Gasteiger partial charge in [0.1, 0.15) is 23.0 Å². The number of aryl methyl sites for hydroxylation is 2. The van der Waals surface area contributed by atoms with Gasteiger partial charge in [-0.05, 0) is 63.1 Å². The Balaban J connectivity index is 1.46. The lowest BCUT2D eigenvalue weighted by Crippen LogP contribution is -2.23. The summed E-state index contributed by atoms with van der Waals surface area (Å²) >= 11 is 0. The first kappa shape index (κ1) is 21.3. The minimum absolute atomic E-state index is 0.125. The minimum Gasteiger partial charge on any atom is -0.462 e. The molecule has 2 aromatic heterocycles. The van der Waals surface area contributed by atoms with E-state index in [2.05, 4.69) is 10.6 Å². The van der Waals surface area contributed by atoms with Gasteiger partial charge in [0.15, 0.2) is 0 Å². The molecule has 0 saturated heterocycles. The molecule has 0 saturated carbocycles. The molecule has 2 N–H and O–H groups in total. The van der Waals surface area contributed by atoms with Crippen LogP contribution in [0, 0.1) is 13.8 Å². The van der Waals surface area contributed by atoms with Crippen molar-refractivity contribution in [3.8, 4) is 0 Å². The van der Waals surface area contributed by atoms with E-state index in [0.29, 0.717) is 24.6 Å². The van der Waals surface area contributed by atoms with Gasteiger partial charge >= 0.3 is 0 Å². The zero-order valence-corrected chi connectivity index (χ0v) is 16.5. The maximum Gasteiger partial charge on any atom is 0.244 e. The van der Waals surface area contributed by atoms with Crippen molar-refractivity contribution in [2.45, 2.75) is 39.5 Å². The molecular weight excluding hydrogens is 356 g/mol. The van der Waals surface area contributed by atoms with Gasteiger partial charge in [-0.15, -0.1) is 0 Å². The Hall–Kier alpha value is -3.02. The van der Waals surface area contributed by atoms with Gasteiger partial charge in [-0.1, -0.05) is 12.8 Å². The predicted octanol–water partition coefficient (Wildman–Crippen LogP) is 4.01. The lowest BCUT2D eigenvalue weighted by atomic mass is 10.2. The summed E-state index contributed by atoms with van der Waals surface area (Å²) in [6, 6.07) is 7.36. The number of nitrogens with one attached hydrogen (secondary N) is 2. The average molecular weight is 384 g/mol. The Morgan fingerprint density at radius 2 is 1.18 bits per heavy atom. The summed E-state index contributed by atoms with van der Waals surface area (Å²) in [5.74, 6) is 2.73. The van der Waals surface area contributed by atoms with E-state index in [1.165, 1.54) is 12.2 Å². The molecule has 28 heavy (non-hydrogen) atoms. The fourth-order valence-electron chi connectivity index (χ4n) is 2.55. The van der Waals surface area contributed by atoms with Gasteiger partial charge in [0.05, 0.1) is 0 Å². The first-order valence-corrected chi connectivity index (χ1v) is 9.57. The monoisotopic (exact) mass is 384 g/mol. The van der Waals surface area contributed by atoms with Crippen molar-refractivity contribution in [2.24, 2.45) is 0 Å². The third-order valence-corrected chi connectivity index (χ3v) is 4.02. The van der Waals surface area contributed by atoms with Crippen molar-refractivity contribution >= 4 is 24.0 Å². The zero-order chi connectivity index (χ0) is 20.2. The van der Waals surface area contributed by atoms with Crippen molar-refractivity contribution in [1.29, 1.82) is 0 Å². The summed E-state index contributed by atoms with van der Waals surface area (Å²) in [6.07, 6.45) is 10.1. The van der Waals surface area contributed by atoms with Crippen LogP contribution in [0.1, 0.15) is 48.7 Å². The second-order valence-corrected chi connectivity index (χ2v) is 6.56. The van der Waals surface area contributed by atoms with E-state index in [-0.39, 0.29) is 11.8 Å². The van der Waals surface area contributed by atoms with Gasteiger partial charge in [0, 0.05) is 25.2 Å². The summed E-state index contributed by atoms with van der Waals surface area (Å²) in [4.78, 5) is 23.4. The van der Waals surface area contributed by atoms with Gasteiger partial charge in [0.2, 0.25) is 11.8 Å². The number of unbranched alkanes of at least 4 members (excludes halogenated alkanes) is 3. The van der Waals surface area contributed by atoms with Gasteiger partial charge in [-0.2, -0.15) is 0 Å². The third-order valence-electron chi connectivity index (χ3n) is 4.02. The number of hydrogen-bond acceptors (Lipinski definition) is 4. The second-order valence-electron chi connectivity index (χ2n) is 6.56. The van der Waals surface area contributed by atoms with Gasteiger partial charge < -0.3 is 19.5 Å². The molecule has 2 amide bonds. The van der Waals surface area contributed by atoms with Crippen molar-refractivity contribution in [3.63, 3.8) is 0 Å². The molecule has 0 fully saturated rings. The zero-order valence-electron chi connectivity index (χ0n) is 16.5. The first-order chi connectivity index (χ1) is 13.5. The SMILES string of the molecule is Cc1ccc(C=CC(=O)NCCCCCCNC(=O)C=Cc2ccc(C)o2)o1. The molecule has 0 aliphatic carbocycles. The number of furan rings is 2. The molecule has 0 bridgehead atoms. The second kappa shape index (κ2) is 11.6. The van der Waals surface area contributed by atoms with E-state index in [1.807, 2.05) is 38.1 Å². The molecule has 2 heterocycles. The largest absolute Gasteiger partial charge is 0.462 e. The van der Waals surface area contributed by atoms with Crippen LogP contribution in [0.25, 0.3) is 12.2 Å². The maximum absolute atomic E-state index is 11.7. The van der Waals surface area contributed by atoms with Crippen LogP contribution in [0.2, 0.25) is 0 Å². The molecular formula is C22H28N2O4. The van der Waals surface area contributed by atoms with Crippen LogP contribution in [0.5, 0.6) is 0 Å². The number of rotatable bonds is 11. The molecule has 150 valence electrons. The number of amides is 2. The van der Waals surface area contributed by atoms with Crippen LogP contribution < -0.4 is 10.6 Å². The number of carbonyl (C=O) groups excluding carboxylic acids is 2. The molecule has 0 spiro atoms. The lowest BCUT2D eigenvalue weighted by Gasteiger charge is -2.04. The number of carbonyl (C=O) groups is 2. The highest BCUT2D eigenvalue weighted by Gasteiger charge is 1.99. The van der Waals surface area contributed by atoms with Crippen LogP contribution in [0.3, 0.4) is 0 Å². The lowest BCUT2D eigenvalue weighted by molar-refractivity contribution is -0.117. The van der Waals surface area contributed by atoms with E-state index in [0.717, 1.165) is 37.2 Å². The fraction of sp³-hybridized carbons (Fsp3) is 0.364. The van der Waals surface area contributed by atoms with Crippen LogP contribution in [0.15, 0.2) is 45.3 Å². The van der Waals surface area contributed by atoms with Crippen molar-refractivity contribution < 1.29 is 18.4 Å². The molecule has 0 aliphatic rings. The Kier molecular flexibility index (Phi) is 8.85. The third kappa shape index (κ3) is 8.58. The molecule has 0 aliphatic heterocycles. The highest BCUT2D eigenvalue weighted by Crippen LogP contribution is 2.08. The minimum atomic E-state index is -0.125. The van der Waals surface area contributed by atoms with Crippen molar-refractivity contribution in [1.82, 2.24) is 10.6 Å². The van der Waals surface area contributed by atoms with Crippen LogP contribution in [0.4, 0.5) is 0 Å². The number of hydrogen-bond donors (Lipinski definition) is 2. The highest BCUT2D eigenvalue weighted by molar-refractivity contribution is 5.91. The standard InChI is InChI=1S/C22H28N2O4/c1-17-7-9-19(27-17)11-13-21(25)23-15-5-3-4-6-16-24-22(26)14-12-20-10-8-18(2)28-20/h7-14H,3-6,15-16H2,1-2H3,(H,23,25)(H,24,26). The molecule has 6 heteroatoms. The smallest absolute Gasteiger partial charge is 0.244 e. The van der Waals surface area contributed by atoms with Crippen LogP contribution >= 0.6 is 0 Å². The molecule has 0 aromatic carbocycles. The van der Waals surface area contributed by atoms with Crippen LogP contribution in [-0.4, -0.2) is 24.9 Å². The molecule has 6 nitrogen and oxygen atoms in total. The van der Waals surface area contributed by atoms with Gasteiger partial charge in [-0.25, -0.2) is 0 Å². The molecule has 2 rings (SSSR count). The topological polar surface area (TPSA) is 84.5 Å². The molecule has 0 atom stereocenters. The fourth-order valence-corrected chi connectivity index (χ4v) is 2.55. The summed E-state index contributed by atoms with van der Waals surface area (Å²) in [6.45, 7) is 5.00. The molecule has 0 radical (unpaired) electrons. The Labute approximate surface area is 165 Å². The Morgan fingerprint density at radius 1 is 0.750 bits per heavy atom. The highest BCUT2D eigenvalue weighted by atomic mass is 16.3. The van der Waals surface area contributed by atoms with E-state index in [1.54, 1.807) is 12.2 Å². The summed E-state index contributed by atoms with van der Waals surface area (Å²) in [5, 5.41) is 5.70. The van der Waals surface area contributed by atoms with Gasteiger partial charge in [0.25, 0.3) is 0 Å². The Morgan fingerprint density at radius 3 is 1.54 bits per heavy atom. The van der Waals surface area contributed by atoms with Crippen molar-refractivity contribution in [3.05, 3.63) is 59.5 Å². The summed E-state index contributed by atoms with van der Waals surface area (Å²) in [7, 11) is 0. The average Bonchev–Trinajstić information content (AvgIpc) is 3.28. The molecule has 0 unspecified atom stereocenters. The quantitative estimate of drug-likeness (QED) is 0.453.